The van der Waals surface area contributed by atoms with Gasteiger partial charge in [-0.05, 0) is 30.3 Å². The number of benzene rings is 1. The Hall–Kier alpha value is -2.87. The van der Waals surface area contributed by atoms with E-state index in [9.17, 15) is 0 Å². The van der Waals surface area contributed by atoms with Crippen LogP contribution in [0.1, 0.15) is 16.7 Å². The van der Waals surface area contributed by atoms with E-state index < -0.39 is 0 Å². The van der Waals surface area contributed by atoms with Crippen molar-refractivity contribution in [1.82, 2.24) is 15.3 Å². The number of nitrogen functional groups attached to an aromatic ring is 1. The molecule has 9 heteroatoms. The van der Waals surface area contributed by atoms with Gasteiger partial charge in [-0.1, -0.05) is 23.2 Å². The van der Waals surface area contributed by atoms with Gasteiger partial charge in [-0.25, -0.2) is 4.98 Å². The Balaban J connectivity index is 1.50. The fraction of sp³-hybridized carbons (Fsp3) is 0.227. The van der Waals surface area contributed by atoms with Crippen LogP contribution in [0.15, 0.2) is 48.9 Å². The molecule has 0 saturated carbocycles. The molecule has 4 rings (SSSR count). The largest absolute Gasteiger partial charge is 0.489 e. The zero-order valence-corrected chi connectivity index (χ0v) is 18.2. The van der Waals surface area contributed by atoms with Gasteiger partial charge < -0.3 is 20.7 Å². The monoisotopic (exact) mass is 456 g/mol. The fourth-order valence-corrected chi connectivity index (χ4v) is 3.82. The number of pyridine rings is 2. The molecule has 0 radical (unpaired) electrons. The van der Waals surface area contributed by atoms with E-state index in [4.69, 9.17) is 39.1 Å². The van der Waals surface area contributed by atoms with Crippen LogP contribution in [-0.2, 0) is 6.61 Å². The molecule has 0 spiro atoms. The molecular formula is C22H22Cl2N6O. The zero-order chi connectivity index (χ0) is 21.8. The second-order valence-electron chi connectivity index (χ2n) is 7.14. The molecule has 2 aromatic heterocycles. The number of halogens is 2. The number of nitrogens with one attached hydrogen (secondary N) is 2. The molecule has 31 heavy (non-hydrogen) atoms. The van der Waals surface area contributed by atoms with Gasteiger partial charge in [0.2, 0.25) is 0 Å². The first-order valence-corrected chi connectivity index (χ1v) is 10.6. The first-order valence-electron chi connectivity index (χ1n) is 9.84. The molecule has 1 aliphatic heterocycles. The molecule has 3 aromatic rings. The van der Waals surface area contributed by atoms with Crippen molar-refractivity contribution in [3.63, 3.8) is 0 Å². The van der Waals surface area contributed by atoms with E-state index >= 15 is 0 Å². The van der Waals surface area contributed by atoms with E-state index in [1.54, 1.807) is 24.4 Å². The van der Waals surface area contributed by atoms with Crippen molar-refractivity contribution in [1.29, 1.82) is 5.41 Å². The van der Waals surface area contributed by atoms with Gasteiger partial charge in [0.05, 0.1) is 15.8 Å². The van der Waals surface area contributed by atoms with E-state index in [1.807, 2.05) is 12.1 Å². The van der Waals surface area contributed by atoms with Crippen LogP contribution in [-0.4, -0.2) is 41.9 Å². The number of nitrogens with zero attached hydrogens (tertiary/aromatic N) is 3. The van der Waals surface area contributed by atoms with Crippen molar-refractivity contribution in [2.75, 3.05) is 36.8 Å². The van der Waals surface area contributed by atoms with Gasteiger partial charge in [0, 0.05) is 67.1 Å². The predicted octanol–water partition coefficient (Wildman–Crippen LogP) is 3.77. The average molecular weight is 457 g/mol. The van der Waals surface area contributed by atoms with Crippen molar-refractivity contribution in [2.45, 2.75) is 6.61 Å². The van der Waals surface area contributed by atoms with Crippen LogP contribution in [0.2, 0.25) is 10.0 Å². The second-order valence-corrected chi connectivity index (χ2v) is 7.95. The zero-order valence-electron chi connectivity index (χ0n) is 16.7. The van der Waals surface area contributed by atoms with Crippen LogP contribution in [0, 0.1) is 5.41 Å². The summed E-state index contributed by atoms with van der Waals surface area (Å²) in [7, 11) is 0. The van der Waals surface area contributed by atoms with E-state index in [0.717, 1.165) is 32.0 Å². The van der Waals surface area contributed by atoms with Crippen LogP contribution >= 0.6 is 23.2 Å². The summed E-state index contributed by atoms with van der Waals surface area (Å²) in [5.41, 5.74) is 8.82. The van der Waals surface area contributed by atoms with Crippen LogP contribution in [0.5, 0.6) is 5.75 Å². The van der Waals surface area contributed by atoms with Crippen LogP contribution in [0.4, 0.5) is 11.5 Å². The molecule has 4 N–H and O–H groups in total. The molecule has 7 nitrogen and oxygen atoms in total. The SMILES string of the molecule is N=C(c1ccc(N2CCNCC2)nc1)c1cc(OCc2c(Cl)cncc2Cl)ccc1N. The minimum absolute atomic E-state index is 0.178. The number of piperazine rings is 1. The Kier molecular flexibility index (Phi) is 6.56. The highest BCUT2D eigenvalue weighted by atomic mass is 35.5. The van der Waals surface area contributed by atoms with Gasteiger partial charge >= 0.3 is 0 Å². The lowest BCUT2D eigenvalue weighted by Crippen LogP contribution is -2.43. The highest BCUT2D eigenvalue weighted by molar-refractivity contribution is 6.35. The number of ether oxygens (including phenoxy) is 1. The van der Waals surface area contributed by atoms with Crippen LogP contribution < -0.4 is 20.7 Å². The number of aromatic nitrogens is 2. The smallest absolute Gasteiger partial charge is 0.128 e. The average Bonchev–Trinajstić information content (AvgIpc) is 2.80. The number of nitrogens with two attached hydrogens (primary N) is 1. The minimum atomic E-state index is 0.178. The van der Waals surface area contributed by atoms with E-state index in [-0.39, 0.29) is 12.3 Å². The number of anilines is 2. The number of hydrogen-bond acceptors (Lipinski definition) is 7. The third-order valence-electron chi connectivity index (χ3n) is 5.11. The van der Waals surface area contributed by atoms with Crippen molar-refractivity contribution in [3.8, 4) is 5.75 Å². The van der Waals surface area contributed by atoms with Gasteiger partial charge in [0.1, 0.15) is 18.2 Å². The van der Waals surface area contributed by atoms with Gasteiger partial charge in [0.25, 0.3) is 0 Å². The standard InChI is InChI=1S/C22H22Cl2N6O/c23-18-11-28-12-19(24)17(18)13-31-15-2-3-20(25)16(9-15)22(26)14-1-4-21(29-10-14)30-7-5-27-6-8-30/h1-4,9-12,26-27H,5-8,13,25H2. The van der Waals surface area contributed by atoms with Crippen LogP contribution in [0.25, 0.3) is 0 Å². The lowest BCUT2D eigenvalue weighted by molar-refractivity contribution is 0.306. The molecular weight excluding hydrogens is 435 g/mol. The third kappa shape index (κ3) is 4.90. The summed E-state index contributed by atoms with van der Waals surface area (Å²) in [6.07, 6.45) is 4.75. The molecule has 0 bridgehead atoms. The summed E-state index contributed by atoms with van der Waals surface area (Å²) in [6.45, 7) is 3.90. The summed E-state index contributed by atoms with van der Waals surface area (Å²) in [5, 5.41) is 12.8. The molecule has 0 atom stereocenters. The van der Waals surface area contributed by atoms with E-state index in [0.29, 0.717) is 38.2 Å². The van der Waals surface area contributed by atoms with Gasteiger partial charge in [-0.2, -0.15) is 0 Å². The van der Waals surface area contributed by atoms with Crippen molar-refractivity contribution in [2.24, 2.45) is 0 Å². The predicted molar refractivity (Wildman–Crippen MR) is 125 cm³/mol. The molecule has 0 aliphatic carbocycles. The summed E-state index contributed by atoms with van der Waals surface area (Å²) >= 11 is 12.3. The molecule has 1 fully saturated rings. The Morgan fingerprint density at radius 1 is 1.10 bits per heavy atom. The molecule has 1 saturated heterocycles. The maximum Gasteiger partial charge on any atom is 0.128 e. The molecule has 160 valence electrons. The maximum absolute atomic E-state index is 8.64. The van der Waals surface area contributed by atoms with Gasteiger partial charge in [0.15, 0.2) is 0 Å². The lowest BCUT2D eigenvalue weighted by Gasteiger charge is -2.28. The normalized spacial score (nSPS) is 13.8. The Morgan fingerprint density at radius 2 is 1.84 bits per heavy atom. The third-order valence-corrected chi connectivity index (χ3v) is 5.76. The number of hydrogen-bond donors (Lipinski definition) is 3. The van der Waals surface area contributed by atoms with Crippen LogP contribution in [0.3, 0.4) is 0 Å². The summed E-state index contributed by atoms with van der Waals surface area (Å²) < 4.78 is 5.86. The minimum Gasteiger partial charge on any atom is -0.489 e. The first kappa shape index (κ1) is 21.4. The maximum atomic E-state index is 8.64. The Labute approximate surface area is 190 Å². The first-order chi connectivity index (χ1) is 15.0. The Morgan fingerprint density at radius 3 is 2.52 bits per heavy atom. The van der Waals surface area contributed by atoms with Crippen molar-refractivity contribution >= 4 is 40.4 Å². The van der Waals surface area contributed by atoms with E-state index in [2.05, 4.69) is 20.2 Å². The molecule has 3 heterocycles. The van der Waals surface area contributed by atoms with E-state index in [1.165, 1.54) is 12.4 Å². The molecule has 0 unspecified atom stereocenters. The fourth-order valence-electron chi connectivity index (χ4n) is 3.34. The second kappa shape index (κ2) is 9.51. The lowest BCUT2D eigenvalue weighted by atomic mass is 10.0. The summed E-state index contributed by atoms with van der Waals surface area (Å²) in [6, 6.07) is 9.05. The van der Waals surface area contributed by atoms with Crippen molar-refractivity contribution in [3.05, 3.63) is 75.7 Å². The Bertz CT molecular complexity index is 1060. The molecule has 1 aromatic carbocycles. The quantitative estimate of drug-likeness (QED) is 0.385. The summed E-state index contributed by atoms with van der Waals surface area (Å²) in [4.78, 5) is 10.7. The highest BCUT2D eigenvalue weighted by Gasteiger charge is 2.15. The highest BCUT2D eigenvalue weighted by Crippen LogP contribution is 2.27. The number of rotatable bonds is 6. The molecule has 1 aliphatic rings. The topological polar surface area (TPSA) is 100 Å². The molecule has 0 amide bonds. The van der Waals surface area contributed by atoms with Crippen molar-refractivity contribution < 1.29 is 4.74 Å². The summed E-state index contributed by atoms with van der Waals surface area (Å²) in [5.74, 6) is 1.47. The van der Waals surface area contributed by atoms with Gasteiger partial charge in [-0.3, -0.25) is 10.4 Å². The van der Waals surface area contributed by atoms with Gasteiger partial charge in [-0.15, -0.1) is 0 Å².